The number of carbonyl (C=O) groups is 3. The molecule has 9 heteroatoms. The van der Waals surface area contributed by atoms with Gasteiger partial charge in [0, 0.05) is 12.7 Å². The number of hydrogen-bond donors (Lipinski definition) is 3. The van der Waals surface area contributed by atoms with Crippen molar-refractivity contribution in [1.82, 2.24) is 20.5 Å². The number of anilines is 1. The predicted molar refractivity (Wildman–Crippen MR) is 101 cm³/mol. The van der Waals surface area contributed by atoms with Gasteiger partial charge in [0.15, 0.2) is 0 Å². The average molecular weight is 389 g/mol. The van der Waals surface area contributed by atoms with Gasteiger partial charge < -0.3 is 5.32 Å². The van der Waals surface area contributed by atoms with E-state index in [1.807, 2.05) is 0 Å². The zero-order chi connectivity index (χ0) is 19.9. The fourth-order valence-corrected chi connectivity index (χ4v) is 4.05. The Kier molecular flexibility index (Phi) is 6.94. The maximum atomic E-state index is 13.2. The van der Waals surface area contributed by atoms with Crippen LogP contribution < -0.4 is 10.7 Å². The predicted octanol–water partition coefficient (Wildman–Crippen LogP) is 1.17. The SMILES string of the molecule is O=CN(O)C[C@@H](CC1CCCC1)C(=O)N1NCC[C@H]1C(=O)Nc1ccccn1. The first-order valence-electron chi connectivity index (χ1n) is 9.77. The highest BCUT2D eigenvalue weighted by atomic mass is 16.5. The number of carbonyl (C=O) groups excluding carboxylic acids is 3. The monoisotopic (exact) mass is 389 g/mol. The molecule has 2 aliphatic rings. The minimum absolute atomic E-state index is 0.0778. The van der Waals surface area contributed by atoms with Crippen LogP contribution in [-0.4, -0.2) is 57.6 Å². The molecule has 2 atom stereocenters. The third-order valence-electron chi connectivity index (χ3n) is 5.44. The largest absolute Gasteiger partial charge is 0.309 e. The van der Waals surface area contributed by atoms with E-state index in [0.29, 0.717) is 42.6 Å². The van der Waals surface area contributed by atoms with Gasteiger partial charge in [-0.3, -0.25) is 24.6 Å². The minimum Gasteiger partial charge on any atom is -0.309 e. The molecule has 0 spiro atoms. The summed E-state index contributed by atoms with van der Waals surface area (Å²) >= 11 is 0. The first-order valence-corrected chi connectivity index (χ1v) is 9.77. The van der Waals surface area contributed by atoms with Gasteiger partial charge in [-0.1, -0.05) is 31.7 Å². The number of hydroxylamine groups is 2. The molecule has 1 saturated heterocycles. The molecule has 28 heavy (non-hydrogen) atoms. The fourth-order valence-electron chi connectivity index (χ4n) is 4.05. The standard InChI is InChI=1S/C19H27N5O4/c25-13-23(28)12-15(11-14-5-1-2-6-14)19(27)24-16(8-10-21-24)18(26)22-17-7-3-4-9-20-17/h3-4,7,9,13-16,21,28H,1-2,5-6,8,10-12H2,(H,20,22,26)/t15-,16+/m1/s1. The van der Waals surface area contributed by atoms with Gasteiger partial charge in [0.2, 0.25) is 18.2 Å². The first-order chi connectivity index (χ1) is 13.6. The first kappa shape index (κ1) is 20.2. The summed E-state index contributed by atoms with van der Waals surface area (Å²) in [6.07, 6.45) is 7.34. The van der Waals surface area contributed by atoms with Crippen molar-refractivity contribution >= 4 is 24.0 Å². The van der Waals surface area contributed by atoms with Crippen LogP contribution >= 0.6 is 0 Å². The number of nitrogens with one attached hydrogen (secondary N) is 2. The molecule has 3 rings (SSSR count). The molecule has 3 amide bonds. The van der Waals surface area contributed by atoms with Crippen molar-refractivity contribution in [1.29, 1.82) is 0 Å². The zero-order valence-corrected chi connectivity index (χ0v) is 15.8. The molecular formula is C19H27N5O4. The van der Waals surface area contributed by atoms with E-state index >= 15 is 0 Å². The van der Waals surface area contributed by atoms with E-state index in [-0.39, 0.29) is 18.4 Å². The van der Waals surface area contributed by atoms with Crippen molar-refractivity contribution in [2.75, 3.05) is 18.4 Å². The molecule has 9 nitrogen and oxygen atoms in total. The summed E-state index contributed by atoms with van der Waals surface area (Å²) in [5, 5.41) is 14.3. The molecule has 0 aromatic carbocycles. The fraction of sp³-hybridized carbons (Fsp3) is 0.579. The molecule has 1 aromatic heterocycles. The van der Waals surface area contributed by atoms with Crippen molar-refractivity contribution in [2.45, 2.75) is 44.6 Å². The van der Waals surface area contributed by atoms with Crippen molar-refractivity contribution < 1.29 is 19.6 Å². The van der Waals surface area contributed by atoms with Gasteiger partial charge in [-0.05, 0) is 30.9 Å². The van der Waals surface area contributed by atoms with E-state index in [2.05, 4.69) is 15.7 Å². The average Bonchev–Trinajstić information content (AvgIpc) is 3.39. The van der Waals surface area contributed by atoms with Crippen LogP contribution in [0.25, 0.3) is 0 Å². The molecule has 1 saturated carbocycles. The Morgan fingerprint density at radius 1 is 1.36 bits per heavy atom. The molecule has 2 heterocycles. The van der Waals surface area contributed by atoms with Crippen LogP contribution in [0.4, 0.5) is 5.82 Å². The van der Waals surface area contributed by atoms with Crippen LogP contribution in [0.3, 0.4) is 0 Å². The van der Waals surface area contributed by atoms with Gasteiger partial charge in [0.25, 0.3) is 0 Å². The Hall–Kier alpha value is -2.52. The van der Waals surface area contributed by atoms with Crippen molar-refractivity contribution in [2.24, 2.45) is 11.8 Å². The second kappa shape index (κ2) is 9.61. The van der Waals surface area contributed by atoms with E-state index in [4.69, 9.17) is 0 Å². The number of pyridine rings is 1. The molecule has 0 unspecified atom stereocenters. The minimum atomic E-state index is -0.663. The zero-order valence-electron chi connectivity index (χ0n) is 15.8. The summed E-state index contributed by atoms with van der Waals surface area (Å²) in [5.74, 6) is -0.317. The highest BCUT2D eigenvalue weighted by molar-refractivity contribution is 5.97. The van der Waals surface area contributed by atoms with Crippen LogP contribution in [0.15, 0.2) is 24.4 Å². The molecule has 152 valence electrons. The van der Waals surface area contributed by atoms with E-state index in [1.54, 1.807) is 24.4 Å². The molecule has 1 aliphatic heterocycles. The number of amides is 3. The van der Waals surface area contributed by atoms with E-state index < -0.39 is 12.0 Å². The summed E-state index contributed by atoms with van der Waals surface area (Å²) < 4.78 is 0. The van der Waals surface area contributed by atoms with E-state index in [9.17, 15) is 19.6 Å². The van der Waals surface area contributed by atoms with Gasteiger partial charge in [-0.25, -0.2) is 15.5 Å². The number of hydrazine groups is 1. The Morgan fingerprint density at radius 2 is 2.14 bits per heavy atom. The van der Waals surface area contributed by atoms with Crippen molar-refractivity contribution in [3.8, 4) is 0 Å². The lowest BCUT2D eigenvalue weighted by molar-refractivity contribution is -0.159. The lowest BCUT2D eigenvalue weighted by atomic mass is 9.92. The molecule has 1 aromatic rings. The maximum absolute atomic E-state index is 13.2. The van der Waals surface area contributed by atoms with E-state index in [0.717, 1.165) is 25.7 Å². The summed E-state index contributed by atoms with van der Waals surface area (Å²) in [7, 11) is 0. The molecule has 1 aliphatic carbocycles. The highest BCUT2D eigenvalue weighted by Gasteiger charge is 2.39. The Balaban J connectivity index is 1.68. The van der Waals surface area contributed by atoms with Crippen LogP contribution in [-0.2, 0) is 14.4 Å². The van der Waals surface area contributed by atoms with Gasteiger partial charge in [-0.15, -0.1) is 0 Å². The Morgan fingerprint density at radius 3 is 2.82 bits per heavy atom. The number of hydrogen-bond acceptors (Lipinski definition) is 6. The topological polar surface area (TPSA) is 115 Å². The number of rotatable bonds is 8. The van der Waals surface area contributed by atoms with Crippen molar-refractivity contribution in [3.63, 3.8) is 0 Å². The van der Waals surface area contributed by atoms with Gasteiger partial charge in [0.05, 0.1) is 12.5 Å². The van der Waals surface area contributed by atoms with Crippen LogP contribution in [0, 0.1) is 11.8 Å². The molecular weight excluding hydrogens is 362 g/mol. The molecule has 0 bridgehead atoms. The van der Waals surface area contributed by atoms with Gasteiger partial charge in [-0.2, -0.15) is 0 Å². The van der Waals surface area contributed by atoms with Crippen LogP contribution in [0.5, 0.6) is 0 Å². The molecule has 2 fully saturated rings. The summed E-state index contributed by atoms with van der Waals surface area (Å²) in [6.45, 7) is 0.421. The quantitative estimate of drug-likeness (QED) is 0.349. The van der Waals surface area contributed by atoms with Crippen molar-refractivity contribution in [3.05, 3.63) is 24.4 Å². The van der Waals surface area contributed by atoms with Gasteiger partial charge >= 0.3 is 0 Å². The maximum Gasteiger partial charge on any atom is 0.250 e. The normalized spacial score (nSPS) is 20.8. The third kappa shape index (κ3) is 5.05. The van der Waals surface area contributed by atoms with E-state index in [1.165, 1.54) is 5.01 Å². The lowest BCUT2D eigenvalue weighted by Gasteiger charge is -2.29. The number of aromatic nitrogens is 1. The third-order valence-corrected chi connectivity index (χ3v) is 5.44. The smallest absolute Gasteiger partial charge is 0.250 e. The summed E-state index contributed by atoms with van der Waals surface area (Å²) in [5.41, 5.74) is 2.98. The second-order valence-electron chi connectivity index (χ2n) is 7.44. The van der Waals surface area contributed by atoms with Gasteiger partial charge in [0.1, 0.15) is 11.9 Å². The van der Waals surface area contributed by atoms with Crippen LogP contribution in [0.2, 0.25) is 0 Å². The van der Waals surface area contributed by atoms with Crippen LogP contribution in [0.1, 0.15) is 38.5 Å². The summed E-state index contributed by atoms with van der Waals surface area (Å²) in [4.78, 5) is 40.8. The second-order valence-corrected chi connectivity index (χ2v) is 7.44. The lowest BCUT2D eigenvalue weighted by Crippen LogP contribution is -2.51. The Bertz CT molecular complexity index is 680. The molecule has 3 N–H and O–H groups in total. The highest BCUT2D eigenvalue weighted by Crippen LogP contribution is 2.31. The molecule has 0 radical (unpaired) electrons. The number of nitrogens with zero attached hydrogens (tertiary/aromatic N) is 3. The summed E-state index contributed by atoms with van der Waals surface area (Å²) in [6, 6.07) is 4.54. The Labute approximate surface area is 164 Å².